The van der Waals surface area contributed by atoms with E-state index in [1.54, 1.807) is 11.0 Å². The minimum atomic E-state index is -4.35. The van der Waals surface area contributed by atoms with Gasteiger partial charge in [-0.2, -0.15) is 13.2 Å². The van der Waals surface area contributed by atoms with Gasteiger partial charge >= 0.3 is 6.18 Å². The monoisotopic (exact) mass is 317 g/mol. The van der Waals surface area contributed by atoms with E-state index >= 15 is 0 Å². The summed E-state index contributed by atoms with van der Waals surface area (Å²) in [5, 5.41) is -0.295. The zero-order valence-electron chi connectivity index (χ0n) is 11.8. The van der Waals surface area contributed by atoms with Crippen LogP contribution in [0.15, 0.2) is 24.3 Å². The first kappa shape index (κ1) is 16.2. The van der Waals surface area contributed by atoms with Gasteiger partial charge in [0.05, 0.1) is 5.56 Å². The summed E-state index contributed by atoms with van der Waals surface area (Å²) in [4.78, 5) is 13.9. The fraction of sp³-hybridized carbons (Fsp3) is 0.533. The van der Waals surface area contributed by atoms with Crippen LogP contribution in [0.25, 0.3) is 0 Å². The first-order valence-corrected chi connectivity index (χ1v) is 8.06. The summed E-state index contributed by atoms with van der Waals surface area (Å²) in [6, 6.07) is 5.29. The van der Waals surface area contributed by atoms with Gasteiger partial charge in [0.25, 0.3) is 0 Å². The van der Waals surface area contributed by atoms with E-state index in [1.165, 1.54) is 17.8 Å². The number of nitrogens with zero attached hydrogens (tertiary/aromatic N) is 1. The number of amides is 1. The number of hydrogen-bond acceptors (Lipinski definition) is 2. The van der Waals surface area contributed by atoms with Crippen molar-refractivity contribution in [3.8, 4) is 0 Å². The molecule has 1 aliphatic rings. The lowest BCUT2D eigenvalue weighted by atomic mass is 10.1. The quantitative estimate of drug-likeness (QED) is 0.816. The van der Waals surface area contributed by atoms with E-state index in [-0.39, 0.29) is 11.3 Å². The van der Waals surface area contributed by atoms with Crippen molar-refractivity contribution in [2.45, 2.75) is 37.7 Å². The molecule has 0 aromatic heterocycles. The smallest absolute Gasteiger partial charge is 0.326 e. The maximum absolute atomic E-state index is 12.8. The van der Waals surface area contributed by atoms with Gasteiger partial charge in [-0.3, -0.25) is 4.79 Å². The van der Waals surface area contributed by atoms with Gasteiger partial charge in [-0.15, -0.1) is 11.8 Å². The molecular weight excluding hydrogens is 299 g/mol. The van der Waals surface area contributed by atoms with E-state index < -0.39 is 11.7 Å². The van der Waals surface area contributed by atoms with Crippen molar-refractivity contribution in [1.82, 2.24) is 4.90 Å². The Balaban J connectivity index is 2.18. The molecule has 1 heterocycles. The Hall–Kier alpha value is -1.17. The number of carbonyl (C=O) groups excluding carboxylic acids is 1. The molecule has 1 aromatic rings. The molecule has 1 saturated heterocycles. The molecule has 0 aliphatic carbocycles. The van der Waals surface area contributed by atoms with Crippen LogP contribution in [0, 0.1) is 0 Å². The number of benzene rings is 1. The molecule has 1 aromatic carbocycles. The SMILES string of the molecule is CCCCC(=O)N1CCSC1c1cccc(C(F)(F)F)c1. The summed E-state index contributed by atoms with van der Waals surface area (Å²) in [7, 11) is 0. The molecule has 1 fully saturated rings. The number of hydrogen-bond donors (Lipinski definition) is 0. The summed E-state index contributed by atoms with van der Waals surface area (Å²) in [6.07, 6.45) is -2.14. The lowest BCUT2D eigenvalue weighted by Gasteiger charge is -2.24. The van der Waals surface area contributed by atoms with Crippen molar-refractivity contribution in [2.24, 2.45) is 0 Å². The summed E-state index contributed by atoms with van der Waals surface area (Å²) in [5.74, 6) is 0.794. The third kappa shape index (κ3) is 3.93. The fourth-order valence-electron chi connectivity index (χ4n) is 2.34. The van der Waals surface area contributed by atoms with E-state index in [1.807, 2.05) is 6.92 Å². The number of carbonyl (C=O) groups is 1. The van der Waals surface area contributed by atoms with Crippen LogP contribution in [-0.4, -0.2) is 23.1 Å². The predicted molar refractivity (Wildman–Crippen MR) is 77.9 cm³/mol. The normalized spacial score (nSPS) is 19.0. The fourth-order valence-corrected chi connectivity index (χ4v) is 3.61. The lowest BCUT2D eigenvalue weighted by molar-refractivity contribution is -0.137. The molecule has 1 aliphatic heterocycles. The highest BCUT2D eigenvalue weighted by atomic mass is 32.2. The zero-order valence-corrected chi connectivity index (χ0v) is 12.6. The van der Waals surface area contributed by atoms with Crippen molar-refractivity contribution in [3.05, 3.63) is 35.4 Å². The van der Waals surface area contributed by atoms with Gasteiger partial charge in [0.1, 0.15) is 5.37 Å². The second-order valence-electron chi connectivity index (χ2n) is 5.04. The molecule has 2 nitrogen and oxygen atoms in total. The standard InChI is InChI=1S/C15H18F3NOS/c1-2-3-7-13(20)19-8-9-21-14(19)11-5-4-6-12(10-11)15(16,17)18/h4-6,10,14H,2-3,7-9H2,1H3. The molecule has 0 bridgehead atoms. The molecule has 1 amide bonds. The number of thioether (sulfide) groups is 1. The van der Waals surface area contributed by atoms with Crippen LogP contribution in [0.2, 0.25) is 0 Å². The van der Waals surface area contributed by atoms with Crippen LogP contribution >= 0.6 is 11.8 Å². The van der Waals surface area contributed by atoms with Gasteiger partial charge in [0, 0.05) is 18.7 Å². The molecule has 0 spiro atoms. The summed E-state index contributed by atoms with van der Waals surface area (Å²) in [5.41, 5.74) is -0.106. The predicted octanol–water partition coefficient (Wildman–Crippen LogP) is 4.47. The topological polar surface area (TPSA) is 20.3 Å². The largest absolute Gasteiger partial charge is 0.416 e. The second kappa shape index (κ2) is 6.73. The number of halogens is 3. The minimum absolute atomic E-state index is 0.0317. The van der Waals surface area contributed by atoms with Crippen molar-refractivity contribution in [2.75, 3.05) is 12.3 Å². The van der Waals surface area contributed by atoms with Crippen molar-refractivity contribution in [1.29, 1.82) is 0 Å². The molecule has 1 unspecified atom stereocenters. The van der Waals surface area contributed by atoms with E-state index in [0.717, 1.165) is 30.7 Å². The average molecular weight is 317 g/mol. The molecule has 0 N–H and O–H groups in total. The van der Waals surface area contributed by atoms with E-state index in [4.69, 9.17) is 0 Å². The Morgan fingerprint density at radius 2 is 2.19 bits per heavy atom. The van der Waals surface area contributed by atoms with E-state index in [9.17, 15) is 18.0 Å². The number of rotatable bonds is 4. The zero-order chi connectivity index (χ0) is 15.5. The molecule has 116 valence electrons. The maximum Gasteiger partial charge on any atom is 0.416 e. The van der Waals surface area contributed by atoms with E-state index in [0.29, 0.717) is 18.5 Å². The molecule has 21 heavy (non-hydrogen) atoms. The highest BCUT2D eigenvalue weighted by molar-refractivity contribution is 7.99. The summed E-state index contributed by atoms with van der Waals surface area (Å²) < 4.78 is 38.4. The Kier molecular flexibility index (Phi) is 5.19. The van der Waals surface area contributed by atoms with Crippen molar-refractivity contribution >= 4 is 17.7 Å². The van der Waals surface area contributed by atoms with Crippen LogP contribution in [0.3, 0.4) is 0 Å². The van der Waals surface area contributed by atoms with Crippen LogP contribution < -0.4 is 0 Å². The van der Waals surface area contributed by atoms with Crippen LogP contribution in [0.5, 0.6) is 0 Å². The average Bonchev–Trinajstić information content (AvgIpc) is 2.93. The van der Waals surface area contributed by atoms with Gasteiger partial charge in [-0.05, 0) is 24.1 Å². The van der Waals surface area contributed by atoms with Gasteiger partial charge in [-0.1, -0.05) is 25.5 Å². The third-order valence-corrected chi connectivity index (χ3v) is 4.72. The second-order valence-corrected chi connectivity index (χ2v) is 6.23. The number of alkyl halides is 3. The van der Waals surface area contributed by atoms with E-state index in [2.05, 4.69) is 0 Å². The van der Waals surface area contributed by atoms with Crippen LogP contribution in [0.4, 0.5) is 13.2 Å². The van der Waals surface area contributed by atoms with Gasteiger partial charge < -0.3 is 4.90 Å². The minimum Gasteiger partial charge on any atom is -0.326 e. The highest BCUT2D eigenvalue weighted by Crippen LogP contribution is 2.40. The highest BCUT2D eigenvalue weighted by Gasteiger charge is 2.34. The Morgan fingerprint density at radius 3 is 2.86 bits per heavy atom. The summed E-state index contributed by atoms with van der Waals surface area (Å²) in [6.45, 7) is 2.62. The van der Waals surface area contributed by atoms with Crippen molar-refractivity contribution in [3.63, 3.8) is 0 Å². The Morgan fingerprint density at radius 1 is 1.43 bits per heavy atom. The van der Waals surface area contributed by atoms with Gasteiger partial charge in [-0.25, -0.2) is 0 Å². The lowest BCUT2D eigenvalue weighted by Crippen LogP contribution is -2.30. The van der Waals surface area contributed by atoms with Gasteiger partial charge in [0.15, 0.2) is 0 Å². The first-order chi connectivity index (χ1) is 9.93. The molecule has 1 atom stereocenters. The maximum atomic E-state index is 12.8. The molecule has 6 heteroatoms. The molecule has 0 saturated carbocycles. The Labute approximate surface area is 126 Å². The number of unbranched alkanes of at least 4 members (excludes halogenated alkanes) is 1. The van der Waals surface area contributed by atoms with Gasteiger partial charge in [0.2, 0.25) is 5.91 Å². The summed E-state index contributed by atoms with van der Waals surface area (Å²) >= 11 is 1.52. The molecule has 0 radical (unpaired) electrons. The first-order valence-electron chi connectivity index (χ1n) is 7.01. The van der Waals surface area contributed by atoms with Crippen LogP contribution in [-0.2, 0) is 11.0 Å². The third-order valence-electron chi connectivity index (χ3n) is 3.45. The molecule has 2 rings (SSSR count). The van der Waals surface area contributed by atoms with Crippen LogP contribution in [0.1, 0.15) is 42.7 Å². The van der Waals surface area contributed by atoms with Crippen molar-refractivity contribution < 1.29 is 18.0 Å². The Bertz CT molecular complexity index is 504. The molecular formula is C15H18F3NOS.